The van der Waals surface area contributed by atoms with Crippen molar-refractivity contribution in [2.45, 2.75) is 13.5 Å². The topological polar surface area (TPSA) is 42.4 Å². The summed E-state index contributed by atoms with van der Waals surface area (Å²) in [6.07, 6.45) is 0. The van der Waals surface area contributed by atoms with E-state index in [1.807, 2.05) is 37.3 Å². The van der Waals surface area contributed by atoms with Crippen molar-refractivity contribution >= 4 is 0 Å². The fourth-order valence-corrected chi connectivity index (χ4v) is 1.74. The van der Waals surface area contributed by atoms with Gasteiger partial charge in [0.25, 0.3) is 0 Å². The second-order valence-electron chi connectivity index (χ2n) is 3.88. The zero-order chi connectivity index (χ0) is 12.3. The molecule has 0 spiro atoms. The van der Waals surface area contributed by atoms with Crippen molar-refractivity contribution in [3.8, 4) is 17.0 Å². The van der Waals surface area contributed by atoms with Gasteiger partial charge in [-0.05, 0) is 25.1 Å². The molecule has 2 aromatic rings. The van der Waals surface area contributed by atoms with Gasteiger partial charge in [-0.15, -0.1) is 0 Å². The molecule has 0 amide bonds. The molecule has 0 radical (unpaired) electrons. The normalized spacial score (nSPS) is 10.3. The van der Waals surface area contributed by atoms with Gasteiger partial charge in [0.1, 0.15) is 11.4 Å². The second-order valence-corrected chi connectivity index (χ2v) is 3.88. The highest BCUT2D eigenvalue weighted by Gasteiger charge is 2.08. The molecule has 0 saturated carbocycles. The van der Waals surface area contributed by atoms with E-state index in [4.69, 9.17) is 9.84 Å². The Bertz CT molecular complexity index is 523. The van der Waals surface area contributed by atoms with Gasteiger partial charge in [-0.25, -0.2) is 4.98 Å². The van der Waals surface area contributed by atoms with Crippen LogP contribution in [0.1, 0.15) is 11.3 Å². The summed E-state index contributed by atoms with van der Waals surface area (Å²) >= 11 is 0. The fourth-order valence-electron chi connectivity index (χ4n) is 1.74. The average molecular weight is 229 g/mol. The highest BCUT2D eigenvalue weighted by atomic mass is 16.5. The standard InChI is InChI=1S/C14H15NO2/c1-10-4-3-5-11(8-10)14-13(17-2)7-6-12(9-16)15-14/h3-8,16H,9H2,1-2H3. The predicted molar refractivity (Wildman–Crippen MR) is 66.9 cm³/mol. The Labute approximate surface area is 101 Å². The first-order valence-electron chi connectivity index (χ1n) is 5.46. The summed E-state index contributed by atoms with van der Waals surface area (Å²) in [5, 5.41) is 9.12. The summed E-state index contributed by atoms with van der Waals surface area (Å²) in [6, 6.07) is 11.6. The van der Waals surface area contributed by atoms with Crippen molar-refractivity contribution in [2.24, 2.45) is 0 Å². The first kappa shape index (κ1) is 11.6. The molecule has 0 aliphatic rings. The SMILES string of the molecule is COc1ccc(CO)nc1-c1cccc(C)c1. The molecule has 1 heterocycles. The van der Waals surface area contributed by atoms with Crippen LogP contribution in [-0.4, -0.2) is 17.2 Å². The molecule has 0 saturated heterocycles. The molecule has 88 valence electrons. The van der Waals surface area contributed by atoms with E-state index in [1.54, 1.807) is 13.2 Å². The molecule has 0 aliphatic heterocycles. The molecule has 0 atom stereocenters. The Hall–Kier alpha value is -1.87. The van der Waals surface area contributed by atoms with Crippen LogP contribution >= 0.6 is 0 Å². The van der Waals surface area contributed by atoms with Gasteiger partial charge in [-0.3, -0.25) is 0 Å². The van der Waals surface area contributed by atoms with Crippen LogP contribution in [0.3, 0.4) is 0 Å². The Balaban J connectivity index is 2.56. The number of aliphatic hydroxyl groups excluding tert-OH is 1. The first-order valence-corrected chi connectivity index (χ1v) is 5.46. The summed E-state index contributed by atoms with van der Waals surface area (Å²) in [5.41, 5.74) is 3.57. The number of methoxy groups -OCH3 is 1. The molecule has 0 unspecified atom stereocenters. The summed E-state index contributed by atoms with van der Waals surface area (Å²) in [6.45, 7) is 1.97. The van der Waals surface area contributed by atoms with Gasteiger partial charge in [0.15, 0.2) is 0 Å². The fraction of sp³-hybridized carbons (Fsp3) is 0.214. The zero-order valence-electron chi connectivity index (χ0n) is 9.97. The first-order chi connectivity index (χ1) is 8.24. The van der Waals surface area contributed by atoms with E-state index < -0.39 is 0 Å². The molecule has 3 nitrogen and oxygen atoms in total. The number of pyridine rings is 1. The van der Waals surface area contributed by atoms with Crippen LogP contribution in [0.2, 0.25) is 0 Å². The zero-order valence-corrected chi connectivity index (χ0v) is 9.97. The van der Waals surface area contributed by atoms with Crippen LogP contribution in [0.25, 0.3) is 11.3 Å². The van der Waals surface area contributed by atoms with Crippen molar-refractivity contribution in [2.75, 3.05) is 7.11 Å². The Morgan fingerprint density at radius 3 is 2.71 bits per heavy atom. The van der Waals surface area contributed by atoms with Gasteiger partial charge in [0.2, 0.25) is 0 Å². The van der Waals surface area contributed by atoms with E-state index in [2.05, 4.69) is 4.98 Å². The van der Waals surface area contributed by atoms with Gasteiger partial charge in [-0.1, -0.05) is 23.8 Å². The third-order valence-electron chi connectivity index (χ3n) is 2.59. The second kappa shape index (κ2) is 4.97. The number of aliphatic hydroxyl groups is 1. The average Bonchev–Trinajstić information content (AvgIpc) is 2.38. The molecular formula is C14H15NO2. The predicted octanol–water partition coefficient (Wildman–Crippen LogP) is 2.56. The van der Waals surface area contributed by atoms with E-state index in [0.717, 1.165) is 11.3 Å². The van der Waals surface area contributed by atoms with E-state index in [1.165, 1.54) is 5.56 Å². The lowest BCUT2D eigenvalue weighted by atomic mass is 10.1. The van der Waals surface area contributed by atoms with Crippen molar-refractivity contribution in [3.05, 3.63) is 47.7 Å². The van der Waals surface area contributed by atoms with Gasteiger partial charge in [0.05, 0.1) is 19.4 Å². The van der Waals surface area contributed by atoms with Crippen LogP contribution < -0.4 is 4.74 Å². The van der Waals surface area contributed by atoms with E-state index in [0.29, 0.717) is 11.4 Å². The van der Waals surface area contributed by atoms with Crippen LogP contribution in [0.5, 0.6) is 5.75 Å². The Kier molecular flexibility index (Phi) is 3.40. The molecular weight excluding hydrogens is 214 g/mol. The number of rotatable bonds is 3. The lowest BCUT2D eigenvalue weighted by Gasteiger charge is -2.09. The maximum atomic E-state index is 9.12. The van der Waals surface area contributed by atoms with Gasteiger partial charge in [0, 0.05) is 5.56 Å². The number of aryl methyl sites for hydroxylation is 1. The minimum atomic E-state index is -0.0667. The smallest absolute Gasteiger partial charge is 0.145 e. The maximum absolute atomic E-state index is 9.12. The van der Waals surface area contributed by atoms with E-state index in [-0.39, 0.29) is 6.61 Å². The third kappa shape index (κ3) is 2.45. The molecule has 3 heteroatoms. The monoisotopic (exact) mass is 229 g/mol. The number of ether oxygens (including phenoxy) is 1. The van der Waals surface area contributed by atoms with Crippen molar-refractivity contribution in [3.63, 3.8) is 0 Å². The van der Waals surface area contributed by atoms with Crippen LogP contribution in [0.15, 0.2) is 36.4 Å². The molecule has 0 bridgehead atoms. The molecule has 2 rings (SSSR count). The Morgan fingerprint density at radius 1 is 1.24 bits per heavy atom. The minimum absolute atomic E-state index is 0.0667. The number of nitrogens with zero attached hydrogens (tertiary/aromatic N) is 1. The molecule has 0 aliphatic carbocycles. The molecule has 1 aromatic heterocycles. The molecule has 1 N–H and O–H groups in total. The quantitative estimate of drug-likeness (QED) is 0.879. The van der Waals surface area contributed by atoms with E-state index >= 15 is 0 Å². The number of benzene rings is 1. The third-order valence-corrected chi connectivity index (χ3v) is 2.59. The maximum Gasteiger partial charge on any atom is 0.145 e. The van der Waals surface area contributed by atoms with E-state index in [9.17, 15) is 0 Å². The summed E-state index contributed by atoms with van der Waals surface area (Å²) < 4.78 is 5.29. The van der Waals surface area contributed by atoms with Gasteiger partial charge < -0.3 is 9.84 Å². The van der Waals surface area contributed by atoms with Crippen molar-refractivity contribution in [1.29, 1.82) is 0 Å². The lowest BCUT2D eigenvalue weighted by Crippen LogP contribution is -1.96. The molecule has 0 fully saturated rings. The van der Waals surface area contributed by atoms with Crippen LogP contribution in [0, 0.1) is 6.92 Å². The molecule has 1 aromatic carbocycles. The van der Waals surface area contributed by atoms with Crippen LogP contribution in [-0.2, 0) is 6.61 Å². The molecule has 17 heavy (non-hydrogen) atoms. The van der Waals surface area contributed by atoms with Gasteiger partial charge >= 0.3 is 0 Å². The minimum Gasteiger partial charge on any atom is -0.494 e. The summed E-state index contributed by atoms with van der Waals surface area (Å²) in [4.78, 5) is 4.40. The Morgan fingerprint density at radius 2 is 2.06 bits per heavy atom. The highest BCUT2D eigenvalue weighted by molar-refractivity contribution is 5.67. The summed E-state index contributed by atoms with van der Waals surface area (Å²) in [7, 11) is 1.62. The van der Waals surface area contributed by atoms with Crippen molar-refractivity contribution in [1.82, 2.24) is 4.98 Å². The van der Waals surface area contributed by atoms with Crippen LogP contribution in [0.4, 0.5) is 0 Å². The number of hydrogen-bond acceptors (Lipinski definition) is 3. The number of hydrogen-bond donors (Lipinski definition) is 1. The highest BCUT2D eigenvalue weighted by Crippen LogP contribution is 2.28. The number of aromatic nitrogens is 1. The lowest BCUT2D eigenvalue weighted by molar-refractivity contribution is 0.276. The summed E-state index contributed by atoms with van der Waals surface area (Å²) in [5.74, 6) is 0.716. The van der Waals surface area contributed by atoms with Crippen molar-refractivity contribution < 1.29 is 9.84 Å². The van der Waals surface area contributed by atoms with Gasteiger partial charge in [-0.2, -0.15) is 0 Å². The largest absolute Gasteiger partial charge is 0.494 e.